The van der Waals surface area contributed by atoms with Gasteiger partial charge in [0.2, 0.25) is 5.91 Å². The molecule has 0 aliphatic carbocycles. The van der Waals surface area contributed by atoms with Gasteiger partial charge in [-0.05, 0) is 78.0 Å². The number of urea groups is 2. The van der Waals surface area contributed by atoms with E-state index < -0.39 is 12.1 Å². The van der Waals surface area contributed by atoms with Gasteiger partial charge in [-0.2, -0.15) is 5.10 Å². The summed E-state index contributed by atoms with van der Waals surface area (Å²) in [5.41, 5.74) is 2.19. The number of anilines is 2. The van der Waals surface area contributed by atoms with Crippen LogP contribution in [0.5, 0.6) is 0 Å². The van der Waals surface area contributed by atoms with E-state index in [1.807, 2.05) is 48.9 Å². The summed E-state index contributed by atoms with van der Waals surface area (Å²) >= 11 is 0. The molecular formula is C31H44N10O4. The van der Waals surface area contributed by atoms with Gasteiger partial charge in [0.05, 0.1) is 23.8 Å². The molecule has 1 aromatic carbocycles. The highest BCUT2D eigenvalue weighted by Crippen LogP contribution is 2.33. The lowest BCUT2D eigenvalue weighted by molar-refractivity contribution is -0.128. The predicted octanol–water partition coefficient (Wildman–Crippen LogP) is 2.90. The highest BCUT2D eigenvalue weighted by molar-refractivity contribution is 5.95. The van der Waals surface area contributed by atoms with Crippen molar-refractivity contribution < 1.29 is 19.1 Å². The Bertz CT molecular complexity index is 1480. The monoisotopic (exact) mass is 620 g/mol. The second kappa shape index (κ2) is 14.7. The molecule has 14 nitrogen and oxygen atoms in total. The number of hydrogen-bond acceptors (Lipinski definition) is 9. The highest BCUT2D eigenvalue weighted by Gasteiger charge is 2.35. The number of aromatic nitrogens is 4. The Labute approximate surface area is 263 Å². The fourth-order valence-electron chi connectivity index (χ4n) is 5.76. The number of ether oxygens (including phenoxy) is 1. The minimum atomic E-state index is -0.443. The Balaban J connectivity index is 1.20. The number of amides is 5. The molecular weight excluding hydrogens is 576 g/mol. The Morgan fingerprint density at radius 3 is 2.40 bits per heavy atom. The Kier molecular flexibility index (Phi) is 10.5. The van der Waals surface area contributed by atoms with Crippen molar-refractivity contribution in [2.75, 3.05) is 63.6 Å². The number of carbonyl (C=O) groups excluding carboxylic acids is 3. The quantitative estimate of drug-likeness (QED) is 0.278. The van der Waals surface area contributed by atoms with Gasteiger partial charge in [0, 0.05) is 56.9 Å². The predicted molar refractivity (Wildman–Crippen MR) is 172 cm³/mol. The molecule has 2 atom stereocenters. The van der Waals surface area contributed by atoms with E-state index >= 15 is 0 Å². The summed E-state index contributed by atoms with van der Waals surface area (Å²) in [5.74, 6) is 1.12. The smallest absolute Gasteiger partial charge is 0.324 e. The van der Waals surface area contributed by atoms with Crippen molar-refractivity contribution in [3.8, 4) is 11.4 Å². The largest absolute Gasteiger partial charge is 0.371 e. The van der Waals surface area contributed by atoms with Crippen LogP contribution in [0.1, 0.15) is 39.5 Å². The number of imide groups is 1. The van der Waals surface area contributed by atoms with E-state index in [2.05, 4.69) is 25.9 Å². The third kappa shape index (κ3) is 7.87. The standard InChI is InChI=1S/C31H44N10O4/c1-5-32-31(44)40(17-7-16-38(3)4)26(42)14-15-33-30(43)35-22-10-8-21(9-11-22)27-36-28(25-18-34-41(6-2)29(25)37-27)39-19-23-12-13-24(20-39)45-23/h8-11,18,23-24H,5-7,12-17,19-20H2,1-4H3,(H,32,44)(H2,33,35,43). The third-order valence-corrected chi connectivity index (χ3v) is 8.01. The summed E-state index contributed by atoms with van der Waals surface area (Å²) in [6.45, 7) is 7.71. The lowest BCUT2D eigenvalue weighted by Crippen LogP contribution is -2.45. The Morgan fingerprint density at radius 1 is 1.00 bits per heavy atom. The zero-order valence-corrected chi connectivity index (χ0v) is 26.6. The van der Waals surface area contributed by atoms with Gasteiger partial charge in [0.15, 0.2) is 11.5 Å². The van der Waals surface area contributed by atoms with Crippen LogP contribution < -0.4 is 20.9 Å². The molecule has 3 aromatic rings. The molecule has 2 aliphatic rings. The van der Waals surface area contributed by atoms with Gasteiger partial charge >= 0.3 is 12.1 Å². The number of nitrogens with one attached hydrogen (secondary N) is 3. The second-order valence-electron chi connectivity index (χ2n) is 11.7. The molecule has 5 rings (SSSR count). The second-order valence-corrected chi connectivity index (χ2v) is 11.7. The molecule has 4 heterocycles. The lowest BCUT2D eigenvalue weighted by atomic mass is 10.2. The van der Waals surface area contributed by atoms with Gasteiger partial charge in [-0.15, -0.1) is 0 Å². The molecule has 0 radical (unpaired) electrons. The number of benzene rings is 1. The number of hydrogen-bond donors (Lipinski definition) is 3. The Morgan fingerprint density at radius 2 is 1.73 bits per heavy atom. The molecule has 242 valence electrons. The maximum Gasteiger partial charge on any atom is 0.324 e. The van der Waals surface area contributed by atoms with E-state index in [0.29, 0.717) is 37.6 Å². The summed E-state index contributed by atoms with van der Waals surface area (Å²) in [6.07, 6.45) is 5.10. The number of fused-ring (bicyclic) bond motifs is 3. The summed E-state index contributed by atoms with van der Waals surface area (Å²) in [6, 6.07) is 6.47. The average Bonchev–Trinajstić information content (AvgIpc) is 3.60. The zero-order chi connectivity index (χ0) is 31.9. The van der Waals surface area contributed by atoms with Crippen LogP contribution in [0, 0.1) is 0 Å². The van der Waals surface area contributed by atoms with E-state index in [1.54, 1.807) is 19.1 Å². The van der Waals surface area contributed by atoms with Crippen molar-refractivity contribution in [2.45, 2.75) is 58.3 Å². The van der Waals surface area contributed by atoms with Gasteiger partial charge in [0.25, 0.3) is 0 Å². The molecule has 2 aromatic heterocycles. The molecule has 2 fully saturated rings. The van der Waals surface area contributed by atoms with E-state index in [1.165, 1.54) is 4.90 Å². The van der Waals surface area contributed by atoms with Crippen LogP contribution in [0.25, 0.3) is 22.4 Å². The van der Waals surface area contributed by atoms with Crippen LogP contribution in [-0.4, -0.2) is 113 Å². The van der Waals surface area contributed by atoms with Crippen LogP contribution in [-0.2, 0) is 16.1 Å². The van der Waals surface area contributed by atoms with E-state index in [4.69, 9.17) is 14.7 Å². The van der Waals surface area contributed by atoms with Crippen molar-refractivity contribution in [3.05, 3.63) is 30.5 Å². The number of carbonyl (C=O) groups is 3. The number of nitrogens with zero attached hydrogens (tertiary/aromatic N) is 7. The van der Waals surface area contributed by atoms with Gasteiger partial charge < -0.3 is 30.5 Å². The maximum atomic E-state index is 12.8. The van der Waals surface area contributed by atoms with Gasteiger partial charge in [-0.1, -0.05) is 0 Å². The van der Waals surface area contributed by atoms with E-state index in [0.717, 1.165) is 54.9 Å². The topological polar surface area (TPSA) is 150 Å². The first-order valence-corrected chi connectivity index (χ1v) is 15.8. The van der Waals surface area contributed by atoms with Crippen LogP contribution in [0.4, 0.5) is 21.1 Å². The molecule has 0 saturated carbocycles. The van der Waals surface area contributed by atoms with E-state index in [9.17, 15) is 14.4 Å². The van der Waals surface area contributed by atoms with Gasteiger partial charge in [-0.25, -0.2) is 24.2 Å². The first kappa shape index (κ1) is 32.1. The summed E-state index contributed by atoms with van der Waals surface area (Å²) in [5, 5.41) is 13.7. The van der Waals surface area contributed by atoms with Gasteiger partial charge in [0.1, 0.15) is 5.82 Å². The molecule has 3 N–H and O–H groups in total. The number of morpholine rings is 1. The minimum Gasteiger partial charge on any atom is -0.371 e. The highest BCUT2D eigenvalue weighted by atomic mass is 16.5. The van der Waals surface area contributed by atoms with Crippen LogP contribution in [0.15, 0.2) is 30.5 Å². The first-order valence-electron chi connectivity index (χ1n) is 15.8. The SMILES string of the molecule is CCNC(=O)N(CCCN(C)C)C(=O)CCNC(=O)Nc1ccc(-c2nc(N3CC4CCC(C3)O4)c3cnn(CC)c3n2)cc1. The molecule has 2 saturated heterocycles. The van der Waals surface area contributed by atoms with Crippen molar-refractivity contribution in [1.29, 1.82) is 0 Å². The summed E-state index contributed by atoms with van der Waals surface area (Å²) in [4.78, 5) is 53.1. The van der Waals surface area contributed by atoms with Crippen molar-refractivity contribution in [1.82, 2.24) is 40.2 Å². The fraction of sp³-hybridized carbons (Fsp3) is 0.548. The average molecular weight is 621 g/mol. The molecule has 5 amide bonds. The number of rotatable bonds is 12. The fourth-order valence-corrected chi connectivity index (χ4v) is 5.76. The van der Waals surface area contributed by atoms with Crippen molar-refractivity contribution in [3.63, 3.8) is 0 Å². The third-order valence-electron chi connectivity index (χ3n) is 8.01. The first-order chi connectivity index (χ1) is 21.7. The molecule has 0 spiro atoms. The summed E-state index contributed by atoms with van der Waals surface area (Å²) < 4.78 is 7.93. The molecule has 2 aliphatic heterocycles. The zero-order valence-electron chi connectivity index (χ0n) is 26.6. The lowest BCUT2D eigenvalue weighted by Gasteiger charge is -2.33. The van der Waals surface area contributed by atoms with Crippen molar-refractivity contribution in [2.24, 2.45) is 0 Å². The molecule has 2 unspecified atom stereocenters. The number of aryl methyl sites for hydroxylation is 1. The molecule has 2 bridgehead atoms. The van der Waals surface area contributed by atoms with Gasteiger partial charge in [-0.3, -0.25) is 9.69 Å². The van der Waals surface area contributed by atoms with Crippen LogP contribution >= 0.6 is 0 Å². The minimum absolute atomic E-state index is 0.00653. The van der Waals surface area contributed by atoms with Crippen LogP contribution in [0.3, 0.4) is 0 Å². The molecule has 14 heteroatoms. The van der Waals surface area contributed by atoms with Crippen molar-refractivity contribution >= 4 is 40.5 Å². The summed E-state index contributed by atoms with van der Waals surface area (Å²) in [7, 11) is 3.88. The van der Waals surface area contributed by atoms with E-state index in [-0.39, 0.29) is 31.1 Å². The normalized spacial score (nSPS) is 17.5. The Hall–Kier alpha value is -4.30. The van der Waals surface area contributed by atoms with Crippen LogP contribution in [0.2, 0.25) is 0 Å². The maximum absolute atomic E-state index is 12.8. The molecule has 45 heavy (non-hydrogen) atoms.